The fourth-order valence-corrected chi connectivity index (χ4v) is 2.14. The van der Waals surface area contributed by atoms with Crippen molar-refractivity contribution in [3.8, 4) is 0 Å². The summed E-state index contributed by atoms with van der Waals surface area (Å²) in [6, 6.07) is 7.14. The lowest BCUT2D eigenvalue weighted by atomic mass is 10.0. The molecule has 0 amide bonds. The lowest BCUT2D eigenvalue weighted by molar-refractivity contribution is -0.145. The second-order valence-corrected chi connectivity index (χ2v) is 4.37. The number of aliphatic hydroxyl groups excluding tert-OH is 1. The van der Waals surface area contributed by atoms with Gasteiger partial charge < -0.3 is 10.2 Å². The molecule has 3 nitrogen and oxygen atoms in total. The smallest absolute Gasteiger partial charge is 0.312 e. The summed E-state index contributed by atoms with van der Waals surface area (Å²) in [5, 5.41) is 18.7. The number of hydrogen-bond acceptors (Lipinski definition) is 2. The molecule has 1 aliphatic rings. The zero-order valence-corrected chi connectivity index (χ0v) is 8.74. The Morgan fingerprint density at radius 1 is 1.60 bits per heavy atom. The normalized spacial score (nSPS) is 28.8. The molecule has 0 spiro atoms. The Balaban J connectivity index is 2.26. The maximum atomic E-state index is 11.0. The van der Waals surface area contributed by atoms with Crippen LogP contribution in [-0.4, -0.2) is 22.8 Å². The van der Waals surface area contributed by atoms with Gasteiger partial charge >= 0.3 is 5.97 Å². The third-order valence-electron chi connectivity index (χ3n) is 3.03. The average Bonchev–Trinajstić information content (AvgIpc) is 2.93. The van der Waals surface area contributed by atoms with Crippen molar-refractivity contribution in [2.45, 2.75) is 12.3 Å². The molecule has 1 fully saturated rings. The minimum atomic E-state index is -0.981. The molecule has 0 radical (unpaired) electrons. The first kappa shape index (κ1) is 10.5. The molecule has 1 aliphatic carbocycles. The fourth-order valence-electron chi connectivity index (χ4n) is 1.94. The zero-order valence-electron chi connectivity index (χ0n) is 7.98. The molecular formula is C11H11ClO3. The van der Waals surface area contributed by atoms with E-state index in [1.807, 2.05) is 6.07 Å². The molecule has 80 valence electrons. The monoisotopic (exact) mass is 226 g/mol. The van der Waals surface area contributed by atoms with Crippen molar-refractivity contribution in [1.82, 2.24) is 0 Å². The summed E-state index contributed by atoms with van der Waals surface area (Å²) >= 11 is 5.82. The molecule has 2 rings (SSSR count). The summed E-state index contributed by atoms with van der Waals surface area (Å²) in [4.78, 5) is 11.0. The molecule has 15 heavy (non-hydrogen) atoms. The second-order valence-electron chi connectivity index (χ2n) is 3.93. The summed E-state index contributed by atoms with van der Waals surface area (Å²) in [7, 11) is 0. The van der Waals surface area contributed by atoms with Gasteiger partial charge in [-0.25, -0.2) is 0 Å². The van der Waals surface area contributed by atoms with E-state index in [-0.39, 0.29) is 12.5 Å². The predicted octanol–water partition coefficient (Wildman–Crippen LogP) is 1.89. The van der Waals surface area contributed by atoms with Gasteiger partial charge in [-0.1, -0.05) is 23.7 Å². The van der Waals surface area contributed by atoms with Crippen molar-refractivity contribution in [2.24, 2.45) is 5.41 Å². The number of carbonyl (C=O) groups is 1. The van der Waals surface area contributed by atoms with E-state index >= 15 is 0 Å². The molecule has 1 aromatic rings. The number of benzene rings is 1. The van der Waals surface area contributed by atoms with Crippen molar-refractivity contribution in [3.05, 3.63) is 34.9 Å². The summed E-state index contributed by atoms with van der Waals surface area (Å²) < 4.78 is 0. The van der Waals surface area contributed by atoms with Crippen molar-refractivity contribution < 1.29 is 15.0 Å². The van der Waals surface area contributed by atoms with Crippen LogP contribution in [0.2, 0.25) is 5.02 Å². The number of halogens is 1. The molecule has 1 saturated carbocycles. The maximum absolute atomic E-state index is 11.0. The second kappa shape index (κ2) is 3.51. The summed E-state index contributed by atoms with van der Waals surface area (Å²) in [6.45, 7) is -0.320. The largest absolute Gasteiger partial charge is 0.481 e. The Labute approximate surface area is 92.3 Å². The molecular weight excluding hydrogens is 216 g/mol. The molecule has 0 bridgehead atoms. The van der Waals surface area contributed by atoms with Crippen LogP contribution in [0.25, 0.3) is 0 Å². The summed E-state index contributed by atoms with van der Waals surface area (Å²) in [5.41, 5.74) is -0.0935. The van der Waals surface area contributed by atoms with E-state index in [1.165, 1.54) is 0 Å². The van der Waals surface area contributed by atoms with Crippen LogP contribution in [0.1, 0.15) is 17.9 Å². The van der Waals surface area contributed by atoms with E-state index in [0.29, 0.717) is 11.4 Å². The van der Waals surface area contributed by atoms with Crippen LogP contribution in [0.4, 0.5) is 0 Å². The summed E-state index contributed by atoms with van der Waals surface area (Å²) in [6.07, 6.45) is 0.485. The van der Waals surface area contributed by atoms with E-state index in [2.05, 4.69) is 0 Å². The van der Waals surface area contributed by atoms with Crippen LogP contribution in [0.5, 0.6) is 0 Å². The van der Waals surface area contributed by atoms with Crippen molar-refractivity contribution in [2.75, 3.05) is 6.61 Å². The molecule has 0 saturated heterocycles. The molecule has 0 aromatic heterocycles. The Hall–Kier alpha value is -1.06. The number of aliphatic carboxylic acids is 1. The first-order valence-corrected chi connectivity index (χ1v) is 5.07. The molecule has 4 heteroatoms. The highest BCUT2D eigenvalue weighted by molar-refractivity contribution is 6.30. The first-order chi connectivity index (χ1) is 7.10. The molecule has 2 atom stereocenters. The van der Waals surface area contributed by atoms with Gasteiger partial charge in [0.2, 0.25) is 0 Å². The Morgan fingerprint density at radius 2 is 2.33 bits per heavy atom. The third-order valence-corrected chi connectivity index (χ3v) is 3.27. The van der Waals surface area contributed by atoms with Crippen LogP contribution in [0, 0.1) is 5.41 Å². The summed E-state index contributed by atoms with van der Waals surface area (Å²) in [5.74, 6) is -1.05. The van der Waals surface area contributed by atoms with Gasteiger partial charge in [-0.3, -0.25) is 4.79 Å². The van der Waals surface area contributed by atoms with Gasteiger partial charge in [0, 0.05) is 10.9 Å². The first-order valence-electron chi connectivity index (χ1n) is 4.70. The van der Waals surface area contributed by atoms with E-state index in [9.17, 15) is 4.79 Å². The quantitative estimate of drug-likeness (QED) is 0.828. The predicted molar refractivity (Wildman–Crippen MR) is 56.0 cm³/mol. The molecule has 0 heterocycles. The SMILES string of the molecule is O=C(O)C1(CO)CC1c1cccc(Cl)c1. The Bertz CT molecular complexity index is 405. The van der Waals surface area contributed by atoms with E-state index < -0.39 is 11.4 Å². The maximum Gasteiger partial charge on any atom is 0.312 e. The minimum absolute atomic E-state index is 0.112. The number of aliphatic hydroxyl groups is 1. The lowest BCUT2D eigenvalue weighted by Gasteiger charge is -2.08. The standard InChI is InChI=1S/C11H11ClO3/c12-8-3-1-2-7(4-8)9-5-11(9,6-13)10(14)15/h1-4,9,13H,5-6H2,(H,14,15). The Morgan fingerprint density at radius 3 is 2.80 bits per heavy atom. The van der Waals surface area contributed by atoms with Crippen molar-refractivity contribution >= 4 is 17.6 Å². The number of rotatable bonds is 3. The molecule has 2 unspecified atom stereocenters. The minimum Gasteiger partial charge on any atom is -0.481 e. The highest BCUT2D eigenvalue weighted by Crippen LogP contribution is 2.59. The van der Waals surface area contributed by atoms with Gasteiger partial charge in [-0.05, 0) is 24.1 Å². The number of hydrogen-bond donors (Lipinski definition) is 2. The van der Waals surface area contributed by atoms with Gasteiger partial charge in [0.15, 0.2) is 0 Å². The molecule has 2 N–H and O–H groups in total. The zero-order chi connectivity index (χ0) is 11.1. The third kappa shape index (κ3) is 1.62. The van der Waals surface area contributed by atoms with E-state index in [0.717, 1.165) is 5.56 Å². The van der Waals surface area contributed by atoms with Crippen LogP contribution >= 0.6 is 11.6 Å². The van der Waals surface area contributed by atoms with Crippen LogP contribution in [-0.2, 0) is 4.79 Å². The van der Waals surface area contributed by atoms with Crippen LogP contribution < -0.4 is 0 Å². The van der Waals surface area contributed by atoms with Crippen LogP contribution in [0.15, 0.2) is 24.3 Å². The van der Waals surface area contributed by atoms with Gasteiger partial charge in [0.25, 0.3) is 0 Å². The Kier molecular flexibility index (Phi) is 2.44. The van der Waals surface area contributed by atoms with Crippen molar-refractivity contribution in [1.29, 1.82) is 0 Å². The van der Waals surface area contributed by atoms with Gasteiger partial charge in [-0.2, -0.15) is 0 Å². The van der Waals surface area contributed by atoms with Gasteiger partial charge in [-0.15, -0.1) is 0 Å². The van der Waals surface area contributed by atoms with E-state index in [4.69, 9.17) is 21.8 Å². The van der Waals surface area contributed by atoms with Crippen LogP contribution in [0.3, 0.4) is 0 Å². The number of carboxylic acid groups (broad SMARTS) is 1. The molecule has 0 aliphatic heterocycles. The lowest BCUT2D eigenvalue weighted by Crippen LogP contribution is -2.21. The van der Waals surface area contributed by atoms with Gasteiger partial charge in [0.1, 0.15) is 0 Å². The fraction of sp³-hybridized carbons (Fsp3) is 0.364. The highest BCUT2D eigenvalue weighted by Gasteiger charge is 2.60. The highest BCUT2D eigenvalue weighted by atomic mass is 35.5. The van der Waals surface area contributed by atoms with E-state index in [1.54, 1.807) is 18.2 Å². The van der Waals surface area contributed by atoms with Gasteiger partial charge in [0.05, 0.1) is 12.0 Å². The average molecular weight is 227 g/mol. The molecule has 1 aromatic carbocycles. The van der Waals surface area contributed by atoms with Crippen molar-refractivity contribution in [3.63, 3.8) is 0 Å². The topological polar surface area (TPSA) is 57.5 Å². The number of carboxylic acids is 1.